The van der Waals surface area contributed by atoms with Crippen LogP contribution in [-0.4, -0.2) is 58.7 Å². The number of likely N-dealkylation sites (tertiary alicyclic amines) is 1. The highest BCUT2D eigenvalue weighted by Gasteiger charge is 2.32. The zero-order chi connectivity index (χ0) is 27.8. The number of nitrogens with one attached hydrogen (secondary N) is 2. The van der Waals surface area contributed by atoms with Crippen molar-refractivity contribution in [3.8, 4) is 11.3 Å². The van der Waals surface area contributed by atoms with Crippen molar-refractivity contribution in [1.29, 1.82) is 0 Å². The standard InChI is InChI=1S/C27H29BrN6O4S/c1-27(2,3)38-26(35)33-14-13-20(17-33)32-39(36,37)21-11-9-19(10-12-21)30-24-15-23(18-7-5-4-6-8-18)31-25-22(28)16-29-34(24)25/h4-12,15-16,20,30,32H,13-14,17H2,1-3H3/t20-/m1/s1. The molecule has 2 aromatic carbocycles. The lowest BCUT2D eigenvalue weighted by molar-refractivity contribution is 0.0292. The van der Waals surface area contributed by atoms with Crippen molar-refractivity contribution in [3.63, 3.8) is 0 Å². The van der Waals surface area contributed by atoms with Crippen LogP contribution in [0.2, 0.25) is 0 Å². The molecule has 5 rings (SSSR count). The minimum atomic E-state index is -3.78. The van der Waals surface area contributed by atoms with Crippen LogP contribution in [0.15, 0.2) is 76.2 Å². The zero-order valence-electron chi connectivity index (χ0n) is 21.8. The normalized spacial score (nSPS) is 16.0. The Hall–Kier alpha value is -3.48. The average molecular weight is 614 g/mol. The smallest absolute Gasteiger partial charge is 0.410 e. The molecule has 1 aliphatic rings. The van der Waals surface area contributed by atoms with Crippen LogP contribution in [0.5, 0.6) is 0 Å². The molecule has 0 aliphatic carbocycles. The predicted octanol–water partition coefficient (Wildman–Crippen LogP) is 5.19. The Morgan fingerprint density at radius 2 is 1.82 bits per heavy atom. The number of ether oxygens (including phenoxy) is 1. The molecule has 1 saturated heterocycles. The summed E-state index contributed by atoms with van der Waals surface area (Å²) in [7, 11) is -3.78. The molecule has 2 N–H and O–H groups in total. The molecule has 12 heteroatoms. The fraction of sp³-hybridized carbons (Fsp3) is 0.296. The third-order valence-corrected chi connectivity index (χ3v) is 8.19. The minimum Gasteiger partial charge on any atom is -0.444 e. The molecule has 1 aliphatic heterocycles. The van der Waals surface area contributed by atoms with Gasteiger partial charge in [-0.3, -0.25) is 0 Å². The van der Waals surface area contributed by atoms with Gasteiger partial charge in [-0.1, -0.05) is 30.3 Å². The fourth-order valence-corrected chi connectivity index (χ4v) is 5.89. The van der Waals surface area contributed by atoms with Crippen LogP contribution in [0.1, 0.15) is 27.2 Å². The van der Waals surface area contributed by atoms with Crippen LogP contribution in [0.25, 0.3) is 16.9 Å². The first kappa shape index (κ1) is 27.1. The van der Waals surface area contributed by atoms with Crippen LogP contribution in [0.3, 0.4) is 0 Å². The summed E-state index contributed by atoms with van der Waals surface area (Å²) in [5.41, 5.74) is 2.46. The van der Waals surface area contributed by atoms with Crippen molar-refractivity contribution < 1.29 is 17.9 Å². The van der Waals surface area contributed by atoms with E-state index in [9.17, 15) is 13.2 Å². The Morgan fingerprint density at radius 1 is 1.10 bits per heavy atom. The molecule has 39 heavy (non-hydrogen) atoms. The zero-order valence-corrected chi connectivity index (χ0v) is 24.2. The summed E-state index contributed by atoms with van der Waals surface area (Å²) in [5, 5.41) is 7.73. The Labute approximate surface area is 235 Å². The first-order chi connectivity index (χ1) is 18.5. The molecule has 2 aromatic heterocycles. The fourth-order valence-electron chi connectivity index (χ4n) is 4.28. The van der Waals surface area contributed by atoms with E-state index in [0.717, 1.165) is 15.7 Å². The SMILES string of the molecule is CC(C)(C)OC(=O)N1CC[C@@H](NS(=O)(=O)c2ccc(Nc3cc(-c4ccccc4)nc4c(Br)cnn34)cc2)C1. The topological polar surface area (TPSA) is 118 Å². The molecule has 10 nitrogen and oxygen atoms in total. The molecule has 1 amide bonds. The third kappa shape index (κ3) is 6.23. The number of anilines is 2. The maximum atomic E-state index is 13.0. The lowest BCUT2D eigenvalue weighted by Crippen LogP contribution is -2.40. The Kier molecular flexibility index (Phi) is 7.36. The van der Waals surface area contributed by atoms with E-state index in [1.165, 1.54) is 4.90 Å². The second-order valence-corrected chi connectivity index (χ2v) is 12.9. The van der Waals surface area contributed by atoms with Crippen LogP contribution in [0.4, 0.5) is 16.3 Å². The lowest BCUT2D eigenvalue weighted by atomic mass is 10.1. The molecule has 0 saturated carbocycles. The van der Waals surface area contributed by atoms with Crippen molar-refractivity contribution in [2.45, 2.75) is 43.7 Å². The molecule has 0 radical (unpaired) electrons. The molecule has 3 heterocycles. The van der Waals surface area contributed by atoms with Crippen molar-refractivity contribution in [2.24, 2.45) is 0 Å². The number of nitrogens with zero attached hydrogens (tertiary/aromatic N) is 4. The Bertz CT molecular complexity index is 1600. The van der Waals surface area contributed by atoms with Gasteiger partial charge in [0.1, 0.15) is 11.4 Å². The highest BCUT2D eigenvalue weighted by atomic mass is 79.9. The largest absolute Gasteiger partial charge is 0.444 e. The van der Waals surface area contributed by atoms with Crippen molar-refractivity contribution in [2.75, 3.05) is 18.4 Å². The number of sulfonamides is 1. The highest BCUT2D eigenvalue weighted by molar-refractivity contribution is 9.10. The van der Waals surface area contributed by atoms with Crippen LogP contribution >= 0.6 is 15.9 Å². The maximum Gasteiger partial charge on any atom is 0.410 e. The number of hydrogen-bond acceptors (Lipinski definition) is 7. The number of carbonyl (C=O) groups is 1. The van der Waals surface area contributed by atoms with E-state index in [1.807, 2.05) is 36.4 Å². The van der Waals surface area contributed by atoms with Crippen LogP contribution in [-0.2, 0) is 14.8 Å². The number of halogens is 1. The van der Waals surface area contributed by atoms with Gasteiger partial charge in [0, 0.05) is 36.4 Å². The molecule has 1 fully saturated rings. The van der Waals surface area contributed by atoms with Gasteiger partial charge in [0.05, 0.1) is 21.3 Å². The van der Waals surface area contributed by atoms with Crippen molar-refractivity contribution >= 4 is 49.2 Å². The van der Waals surface area contributed by atoms with E-state index in [4.69, 9.17) is 9.72 Å². The van der Waals surface area contributed by atoms with Gasteiger partial charge in [-0.05, 0) is 67.4 Å². The van der Waals surface area contributed by atoms with Gasteiger partial charge in [0.25, 0.3) is 0 Å². The molecule has 0 bridgehead atoms. The minimum absolute atomic E-state index is 0.135. The average Bonchev–Trinajstić information content (AvgIpc) is 3.50. The van der Waals surface area contributed by atoms with Gasteiger partial charge in [-0.15, -0.1) is 0 Å². The number of hydrogen-bond donors (Lipinski definition) is 2. The number of fused-ring (bicyclic) bond motifs is 1. The number of amides is 1. The molecule has 0 unspecified atom stereocenters. The van der Waals surface area contributed by atoms with Crippen LogP contribution in [0, 0.1) is 0 Å². The number of rotatable bonds is 6. The second-order valence-electron chi connectivity index (χ2n) is 10.3. The molecular weight excluding hydrogens is 584 g/mol. The quantitative estimate of drug-likeness (QED) is 0.307. The molecule has 4 aromatic rings. The summed E-state index contributed by atoms with van der Waals surface area (Å²) in [5.74, 6) is 0.673. The molecule has 0 spiro atoms. The summed E-state index contributed by atoms with van der Waals surface area (Å²) in [4.78, 5) is 18.7. The van der Waals surface area contributed by atoms with Gasteiger partial charge in [0.15, 0.2) is 5.65 Å². The highest BCUT2D eigenvalue weighted by Crippen LogP contribution is 2.28. The summed E-state index contributed by atoms with van der Waals surface area (Å²) in [6.07, 6.45) is 1.75. The van der Waals surface area contributed by atoms with Crippen molar-refractivity contribution in [3.05, 3.63) is 71.3 Å². The summed E-state index contributed by atoms with van der Waals surface area (Å²) in [6.45, 7) is 6.09. The van der Waals surface area contributed by atoms with Gasteiger partial charge in [-0.2, -0.15) is 9.61 Å². The van der Waals surface area contributed by atoms with E-state index in [2.05, 4.69) is 31.1 Å². The first-order valence-corrected chi connectivity index (χ1v) is 14.7. The lowest BCUT2D eigenvalue weighted by Gasteiger charge is -2.24. The molecular formula is C27H29BrN6O4S. The second kappa shape index (κ2) is 10.6. The van der Waals surface area contributed by atoms with Gasteiger partial charge < -0.3 is 15.0 Å². The maximum absolute atomic E-state index is 13.0. The van der Waals surface area contributed by atoms with E-state index in [0.29, 0.717) is 30.1 Å². The number of aromatic nitrogens is 3. The number of benzene rings is 2. The number of carbonyl (C=O) groups excluding carboxylic acids is 1. The monoisotopic (exact) mass is 612 g/mol. The van der Waals surface area contributed by atoms with E-state index < -0.39 is 21.7 Å². The van der Waals surface area contributed by atoms with E-state index in [1.54, 1.807) is 55.7 Å². The molecule has 204 valence electrons. The van der Waals surface area contributed by atoms with Gasteiger partial charge in [0.2, 0.25) is 10.0 Å². The Morgan fingerprint density at radius 3 is 2.51 bits per heavy atom. The van der Waals surface area contributed by atoms with Crippen molar-refractivity contribution in [1.82, 2.24) is 24.2 Å². The first-order valence-electron chi connectivity index (χ1n) is 12.5. The summed E-state index contributed by atoms with van der Waals surface area (Å²) >= 11 is 3.51. The predicted molar refractivity (Wildman–Crippen MR) is 152 cm³/mol. The van der Waals surface area contributed by atoms with E-state index >= 15 is 0 Å². The third-order valence-electron chi connectivity index (χ3n) is 6.10. The van der Waals surface area contributed by atoms with E-state index in [-0.39, 0.29) is 17.5 Å². The van der Waals surface area contributed by atoms with Crippen LogP contribution < -0.4 is 10.0 Å². The summed E-state index contributed by atoms with van der Waals surface area (Å²) < 4.78 is 36.6. The Balaban J connectivity index is 1.30. The molecule has 1 atom stereocenters. The van der Waals surface area contributed by atoms with Gasteiger partial charge >= 0.3 is 6.09 Å². The summed E-state index contributed by atoms with van der Waals surface area (Å²) in [6, 6.07) is 17.8. The van der Waals surface area contributed by atoms with Gasteiger partial charge in [-0.25, -0.2) is 22.9 Å².